The van der Waals surface area contributed by atoms with E-state index in [1.807, 2.05) is 0 Å². The number of benzene rings is 2. The zero-order valence-corrected chi connectivity index (χ0v) is 17.8. The van der Waals surface area contributed by atoms with Crippen LogP contribution in [0, 0.1) is 5.82 Å². The number of carbonyl (C=O) groups excluding carboxylic acids is 1. The molecule has 1 fully saturated rings. The van der Waals surface area contributed by atoms with Crippen LogP contribution >= 0.6 is 0 Å². The van der Waals surface area contributed by atoms with Crippen molar-refractivity contribution in [1.29, 1.82) is 0 Å². The number of halogens is 4. The third kappa shape index (κ3) is 5.62. The fourth-order valence-electron chi connectivity index (χ4n) is 3.73. The lowest BCUT2D eigenvalue weighted by Crippen LogP contribution is -2.40. The highest BCUT2D eigenvalue weighted by atomic mass is 19.4. The minimum atomic E-state index is -4.72. The molecule has 3 rings (SSSR count). The van der Waals surface area contributed by atoms with Gasteiger partial charge in [0.25, 0.3) is 5.91 Å². The number of hydrogen-bond acceptors (Lipinski definition) is 4. The molecule has 1 unspecified atom stereocenters. The summed E-state index contributed by atoms with van der Waals surface area (Å²) in [6.45, 7) is 2.34. The van der Waals surface area contributed by atoms with E-state index in [1.165, 1.54) is 0 Å². The SMILES string of the molecule is CCOc1ccc(CC2(C(=O)O)CCCO2)cc1CNC(=O)c1ccc(C(F)(F)F)cc1F. The van der Waals surface area contributed by atoms with Gasteiger partial charge in [-0.2, -0.15) is 13.2 Å². The molecule has 1 amide bonds. The first-order valence-electron chi connectivity index (χ1n) is 10.3. The number of carboxylic acid groups (broad SMARTS) is 1. The van der Waals surface area contributed by atoms with Gasteiger partial charge in [0.05, 0.1) is 17.7 Å². The molecule has 178 valence electrons. The van der Waals surface area contributed by atoms with Gasteiger partial charge in [0, 0.05) is 25.1 Å². The first-order chi connectivity index (χ1) is 15.6. The summed E-state index contributed by atoms with van der Waals surface area (Å²) in [5, 5.41) is 12.1. The topological polar surface area (TPSA) is 84.9 Å². The molecule has 1 aliphatic rings. The molecule has 0 spiro atoms. The molecule has 2 N–H and O–H groups in total. The quantitative estimate of drug-likeness (QED) is 0.562. The number of carbonyl (C=O) groups is 2. The van der Waals surface area contributed by atoms with Crippen LogP contribution in [0.1, 0.15) is 46.8 Å². The summed E-state index contributed by atoms with van der Waals surface area (Å²) in [5.74, 6) is -2.80. The van der Waals surface area contributed by atoms with Crippen molar-refractivity contribution in [3.8, 4) is 5.75 Å². The number of carboxylic acids is 1. The van der Waals surface area contributed by atoms with Crippen LogP contribution in [0.15, 0.2) is 36.4 Å². The van der Waals surface area contributed by atoms with Crippen molar-refractivity contribution in [2.75, 3.05) is 13.2 Å². The number of nitrogens with one attached hydrogen (secondary N) is 1. The molecule has 6 nitrogen and oxygen atoms in total. The second kappa shape index (κ2) is 9.78. The molecular formula is C23H23F4NO5. The molecule has 0 aromatic heterocycles. The van der Waals surface area contributed by atoms with Crippen molar-refractivity contribution in [3.05, 3.63) is 64.5 Å². The van der Waals surface area contributed by atoms with Gasteiger partial charge in [-0.3, -0.25) is 4.79 Å². The summed E-state index contributed by atoms with van der Waals surface area (Å²) in [6.07, 6.45) is -3.61. The summed E-state index contributed by atoms with van der Waals surface area (Å²) >= 11 is 0. The van der Waals surface area contributed by atoms with Crippen molar-refractivity contribution in [2.45, 2.75) is 44.5 Å². The molecular weight excluding hydrogens is 446 g/mol. The number of hydrogen-bond donors (Lipinski definition) is 2. The van der Waals surface area contributed by atoms with E-state index in [0.717, 1.165) is 6.07 Å². The summed E-state index contributed by atoms with van der Waals surface area (Å²) in [5.41, 5.74) is -1.89. The number of rotatable bonds is 8. The Morgan fingerprint density at radius 2 is 1.97 bits per heavy atom. The van der Waals surface area contributed by atoms with Gasteiger partial charge in [-0.05, 0) is 49.6 Å². The van der Waals surface area contributed by atoms with E-state index >= 15 is 0 Å². The highest BCUT2D eigenvalue weighted by Gasteiger charge is 2.43. The highest BCUT2D eigenvalue weighted by molar-refractivity contribution is 5.94. The van der Waals surface area contributed by atoms with Gasteiger partial charge in [-0.15, -0.1) is 0 Å². The van der Waals surface area contributed by atoms with Crippen LogP contribution in [0.25, 0.3) is 0 Å². The molecule has 10 heteroatoms. The summed E-state index contributed by atoms with van der Waals surface area (Å²) in [7, 11) is 0. The third-order valence-electron chi connectivity index (χ3n) is 5.39. The average molecular weight is 469 g/mol. The molecule has 0 saturated carbocycles. The molecule has 1 saturated heterocycles. The van der Waals surface area contributed by atoms with Crippen LogP contribution in [-0.4, -0.2) is 35.8 Å². The highest BCUT2D eigenvalue weighted by Crippen LogP contribution is 2.32. The Kier molecular flexibility index (Phi) is 7.26. The van der Waals surface area contributed by atoms with Gasteiger partial charge in [0.1, 0.15) is 11.6 Å². The first kappa shape index (κ1) is 24.5. The molecule has 33 heavy (non-hydrogen) atoms. The molecule has 2 aromatic carbocycles. The zero-order chi connectivity index (χ0) is 24.2. The predicted octanol–water partition coefficient (Wildman–Crippen LogP) is 4.35. The third-order valence-corrected chi connectivity index (χ3v) is 5.39. The van der Waals surface area contributed by atoms with Crippen LogP contribution < -0.4 is 10.1 Å². The standard InChI is InChI=1S/C23H23F4NO5/c1-2-32-19-7-4-14(12-22(21(30)31)8-3-9-33-22)10-15(19)13-28-20(29)17-6-5-16(11-18(17)24)23(25,26)27/h4-7,10-11H,2-3,8-9,12-13H2,1H3,(H,28,29)(H,30,31). The molecule has 0 bridgehead atoms. The predicted molar refractivity (Wildman–Crippen MR) is 109 cm³/mol. The van der Waals surface area contributed by atoms with E-state index in [9.17, 15) is 32.3 Å². The molecule has 2 aromatic rings. The Bertz CT molecular complexity index is 1030. The van der Waals surface area contributed by atoms with Crippen LogP contribution in [0.5, 0.6) is 5.75 Å². The Balaban J connectivity index is 1.78. The Morgan fingerprint density at radius 1 is 1.21 bits per heavy atom. The maximum atomic E-state index is 14.1. The minimum absolute atomic E-state index is 0.108. The first-order valence-corrected chi connectivity index (χ1v) is 10.3. The van der Waals surface area contributed by atoms with Crippen LogP contribution in [0.3, 0.4) is 0 Å². The molecule has 0 aliphatic carbocycles. The lowest BCUT2D eigenvalue weighted by atomic mass is 9.91. The van der Waals surface area contributed by atoms with Crippen molar-refractivity contribution >= 4 is 11.9 Å². The minimum Gasteiger partial charge on any atom is -0.494 e. The second-order valence-electron chi connectivity index (χ2n) is 7.68. The van der Waals surface area contributed by atoms with Crippen LogP contribution in [0.2, 0.25) is 0 Å². The van der Waals surface area contributed by atoms with Gasteiger partial charge in [-0.1, -0.05) is 12.1 Å². The summed E-state index contributed by atoms with van der Waals surface area (Å²) in [6, 6.07) is 6.70. The van der Waals surface area contributed by atoms with E-state index in [-0.39, 0.29) is 19.0 Å². The molecule has 1 aliphatic heterocycles. The lowest BCUT2D eigenvalue weighted by molar-refractivity contribution is -0.159. The zero-order valence-electron chi connectivity index (χ0n) is 17.8. The van der Waals surface area contributed by atoms with Crippen LogP contribution in [-0.2, 0) is 28.7 Å². The number of ether oxygens (including phenoxy) is 2. The van der Waals surface area contributed by atoms with E-state index in [0.29, 0.717) is 49.0 Å². The van der Waals surface area contributed by atoms with Gasteiger partial charge >= 0.3 is 12.1 Å². The molecule has 1 heterocycles. The van der Waals surface area contributed by atoms with Crippen molar-refractivity contribution in [3.63, 3.8) is 0 Å². The molecule has 0 radical (unpaired) electrons. The van der Waals surface area contributed by atoms with Crippen LogP contribution in [0.4, 0.5) is 17.6 Å². The van der Waals surface area contributed by atoms with Gasteiger partial charge in [-0.25, -0.2) is 9.18 Å². The fraction of sp³-hybridized carbons (Fsp3) is 0.391. The number of alkyl halides is 3. The smallest absolute Gasteiger partial charge is 0.416 e. The maximum absolute atomic E-state index is 14.1. The number of aliphatic carboxylic acids is 1. The van der Waals surface area contributed by atoms with Gasteiger partial charge in [0.2, 0.25) is 0 Å². The Morgan fingerprint density at radius 3 is 2.55 bits per heavy atom. The van der Waals surface area contributed by atoms with E-state index in [2.05, 4.69) is 5.32 Å². The lowest BCUT2D eigenvalue weighted by Gasteiger charge is -2.24. The Hall–Kier alpha value is -3.14. The fourth-order valence-corrected chi connectivity index (χ4v) is 3.73. The van der Waals surface area contributed by atoms with Crippen molar-refractivity contribution in [2.24, 2.45) is 0 Å². The maximum Gasteiger partial charge on any atom is 0.416 e. The van der Waals surface area contributed by atoms with E-state index in [1.54, 1.807) is 25.1 Å². The van der Waals surface area contributed by atoms with Gasteiger partial charge in [0.15, 0.2) is 5.60 Å². The second-order valence-corrected chi connectivity index (χ2v) is 7.68. The van der Waals surface area contributed by atoms with Crippen molar-refractivity contribution < 1.29 is 41.7 Å². The molecule has 1 atom stereocenters. The summed E-state index contributed by atoms with van der Waals surface area (Å²) in [4.78, 5) is 24.2. The largest absolute Gasteiger partial charge is 0.494 e. The normalized spacial score (nSPS) is 18.2. The van der Waals surface area contributed by atoms with E-state index < -0.39 is 40.6 Å². The monoisotopic (exact) mass is 469 g/mol. The van der Waals surface area contributed by atoms with E-state index in [4.69, 9.17) is 9.47 Å². The number of amides is 1. The van der Waals surface area contributed by atoms with Gasteiger partial charge < -0.3 is 19.9 Å². The van der Waals surface area contributed by atoms with Crippen molar-refractivity contribution in [1.82, 2.24) is 5.32 Å². The average Bonchev–Trinajstić information content (AvgIpc) is 3.23. The summed E-state index contributed by atoms with van der Waals surface area (Å²) < 4.78 is 63.3. The Labute approximate surface area is 187 Å².